The summed E-state index contributed by atoms with van der Waals surface area (Å²) >= 11 is 0. The minimum atomic E-state index is 0.225. The van der Waals surface area contributed by atoms with Gasteiger partial charge in [-0.15, -0.1) is 0 Å². The molecule has 0 aliphatic rings. The standard InChI is InChI=1S/C14H32N2O/c1-11(2)9-16(13(5)6)8-7-14(10-17)15-12(3)4/h11-15,17H,7-10H2,1-6H3. The zero-order valence-electron chi connectivity index (χ0n) is 12.5. The molecule has 2 N–H and O–H groups in total. The van der Waals surface area contributed by atoms with Crippen LogP contribution in [0.15, 0.2) is 0 Å². The fraction of sp³-hybridized carbons (Fsp3) is 1.00. The van der Waals surface area contributed by atoms with Crippen molar-refractivity contribution >= 4 is 0 Å². The molecule has 0 fully saturated rings. The highest BCUT2D eigenvalue weighted by atomic mass is 16.3. The quantitative estimate of drug-likeness (QED) is 0.652. The molecule has 0 spiro atoms. The molecule has 0 rings (SSSR count). The smallest absolute Gasteiger partial charge is 0.0585 e. The van der Waals surface area contributed by atoms with Crippen LogP contribution in [0.3, 0.4) is 0 Å². The number of hydrogen-bond donors (Lipinski definition) is 2. The lowest BCUT2D eigenvalue weighted by atomic mass is 10.1. The van der Waals surface area contributed by atoms with E-state index in [2.05, 4.69) is 51.8 Å². The number of nitrogens with zero attached hydrogens (tertiary/aromatic N) is 1. The Morgan fingerprint density at radius 1 is 1.06 bits per heavy atom. The van der Waals surface area contributed by atoms with Gasteiger partial charge in [-0.05, 0) is 32.7 Å². The molecule has 0 aliphatic heterocycles. The Labute approximate surface area is 108 Å². The Morgan fingerprint density at radius 3 is 2.00 bits per heavy atom. The summed E-state index contributed by atoms with van der Waals surface area (Å²) < 4.78 is 0. The topological polar surface area (TPSA) is 35.5 Å². The second-order valence-electron chi connectivity index (χ2n) is 5.97. The first-order valence-corrected chi connectivity index (χ1v) is 6.97. The van der Waals surface area contributed by atoms with Crippen LogP contribution in [0.4, 0.5) is 0 Å². The fourth-order valence-electron chi connectivity index (χ4n) is 2.05. The van der Waals surface area contributed by atoms with Crippen LogP contribution in [0.1, 0.15) is 48.0 Å². The summed E-state index contributed by atoms with van der Waals surface area (Å²) in [6.45, 7) is 15.7. The number of aliphatic hydroxyl groups is 1. The van der Waals surface area contributed by atoms with Crippen molar-refractivity contribution in [2.24, 2.45) is 5.92 Å². The van der Waals surface area contributed by atoms with Gasteiger partial charge in [-0.3, -0.25) is 0 Å². The first-order chi connectivity index (χ1) is 7.86. The summed E-state index contributed by atoms with van der Waals surface area (Å²) in [6.07, 6.45) is 1.01. The molecular formula is C14H32N2O. The van der Waals surface area contributed by atoms with Crippen molar-refractivity contribution in [3.8, 4) is 0 Å². The number of hydrogen-bond acceptors (Lipinski definition) is 3. The van der Waals surface area contributed by atoms with Crippen LogP contribution >= 0.6 is 0 Å². The summed E-state index contributed by atoms with van der Waals surface area (Å²) in [5.74, 6) is 0.697. The van der Waals surface area contributed by atoms with Gasteiger partial charge in [-0.25, -0.2) is 0 Å². The van der Waals surface area contributed by atoms with E-state index in [-0.39, 0.29) is 12.6 Å². The van der Waals surface area contributed by atoms with E-state index in [1.54, 1.807) is 0 Å². The van der Waals surface area contributed by atoms with Gasteiger partial charge < -0.3 is 15.3 Å². The average molecular weight is 244 g/mol. The number of rotatable bonds is 9. The normalized spacial score (nSPS) is 14.3. The van der Waals surface area contributed by atoms with Gasteiger partial charge in [0.25, 0.3) is 0 Å². The fourth-order valence-corrected chi connectivity index (χ4v) is 2.05. The van der Waals surface area contributed by atoms with E-state index in [0.29, 0.717) is 18.0 Å². The zero-order valence-corrected chi connectivity index (χ0v) is 12.5. The highest BCUT2D eigenvalue weighted by Gasteiger charge is 2.14. The Bertz CT molecular complexity index is 181. The van der Waals surface area contributed by atoms with Gasteiger partial charge in [0, 0.05) is 24.7 Å². The molecule has 3 nitrogen and oxygen atoms in total. The largest absolute Gasteiger partial charge is 0.395 e. The third-order valence-electron chi connectivity index (χ3n) is 2.88. The highest BCUT2D eigenvalue weighted by Crippen LogP contribution is 2.06. The number of nitrogens with one attached hydrogen (secondary N) is 1. The Balaban J connectivity index is 4.08. The van der Waals surface area contributed by atoms with E-state index in [1.807, 2.05) is 0 Å². The molecule has 0 aromatic rings. The van der Waals surface area contributed by atoms with E-state index < -0.39 is 0 Å². The van der Waals surface area contributed by atoms with Crippen LogP contribution in [0, 0.1) is 5.92 Å². The summed E-state index contributed by atoms with van der Waals surface area (Å²) in [5, 5.41) is 12.7. The van der Waals surface area contributed by atoms with Crippen molar-refractivity contribution in [2.45, 2.75) is 66.1 Å². The van der Waals surface area contributed by atoms with Crippen molar-refractivity contribution in [3.05, 3.63) is 0 Å². The second kappa shape index (κ2) is 8.90. The lowest BCUT2D eigenvalue weighted by Crippen LogP contribution is -2.42. The predicted octanol–water partition coefficient (Wildman–Crippen LogP) is 2.10. The summed E-state index contributed by atoms with van der Waals surface area (Å²) in [7, 11) is 0. The molecule has 104 valence electrons. The molecule has 3 heteroatoms. The zero-order chi connectivity index (χ0) is 13.4. The minimum Gasteiger partial charge on any atom is -0.395 e. The van der Waals surface area contributed by atoms with Crippen molar-refractivity contribution in [3.63, 3.8) is 0 Å². The molecule has 0 heterocycles. The Morgan fingerprint density at radius 2 is 1.65 bits per heavy atom. The van der Waals surface area contributed by atoms with Crippen LogP contribution in [0.2, 0.25) is 0 Å². The molecule has 0 aromatic heterocycles. The average Bonchev–Trinajstić information content (AvgIpc) is 2.20. The maximum atomic E-state index is 9.33. The van der Waals surface area contributed by atoms with Crippen molar-refractivity contribution in [1.82, 2.24) is 10.2 Å². The van der Waals surface area contributed by atoms with Crippen molar-refractivity contribution in [2.75, 3.05) is 19.7 Å². The molecular weight excluding hydrogens is 212 g/mol. The monoisotopic (exact) mass is 244 g/mol. The van der Waals surface area contributed by atoms with Gasteiger partial charge >= 0.3 is 0 Å². The lowest BCUT2D eigenvalue weighted by Gasteiger charge is -2.30. The van der Waals surface area contributed by atoms with Crippen molar-refractivity contribution in [1.29, 1.82) is 0 Å². The van der Waals surface area contributed by atoms with Crippen molar-refractivity contribution < 1.29 is 5.11 Å². The molecule has 0 radical (unpaired) electrons. The third kappa shape index (κ3) is 8.58. The van der Waals surface area contributed by atoms with E-state index in [0.717, 1.165) is 19.5 Å². The molecule has 17 heavy (non-hydrogen) atoms. The molecule has 0 saturated carbocycles. The van der Waals surface area contributed by atoms with Gasteiger partial charge in [0.2, 0.25) is 0 Å². The van der Waals surface area contributed by atoms with Gasteiger partial charge in [-0.1, -0.05) is 27.7 Å². The lowest BCUT2D eigenvalue weighted by molar-refractivity contribution is 0.166. The summed E-state index contributed by atoms with van der Waals surface area (Å²) in [4.78, 5) is 2.50. The minimum absolute atomic E-state index is 0.225. The van der Waals surface area contributed by atoms with Crippen LogP contribution in [-0.4, -0.2) is 47.8 Å². The van der Waals surface area contributed by atoms with Gasteiger partial charge in [0.05, 0.1) is 6.61 Å². The molecule has 1 unspecified atom stereocenters. The maximum absolute atomic E-state index is 9.33. The first kappa shape index (κ1) is 16.9. The number of aliphatic hydroxyl groups excluding tert-OH is 1. The predicted molar refractivity (Wildman–Crippen MR) is 75.3 cm³/mol. The molecule has 0 aromatic carbocycles. The molecule has 0 aliphatic carbocycles. The van der Waals surface area contributed by atoms with Gasteiger partial charge in [0.1, 0.15) is 0 Å². The van der Waals surface area contributed by atoms with Crippen LogP contribution in [0.5, 0.6) is 0 Å². The Hall–Kier alpha value is -0.120. The maximum Gasteiger partial charge on any atom is 0.0585 e. The van der Waals surface area contributed by atoms with Gasteiger partial charge in [-0.2, -0.15) is 0 Å². The molecule has 1 atom stereocenters. The second-order valence-corrected chi connectivity index (χ2v) is 5.97. The summed E-state index contributed by atoms with van der Waals surface area (Å²) in [5.41, 5.74) is 0. The first-order valence-electron chi connectivity index (χ1n) is 6.97. The molecule has 0 bridgehead atoms. The SMILES string of the molecule is CC(C)CN(CCC(CO)NC(C)C)C(C)C. The summed E-state index contributed by atoms with van der Waals surface area (Å²) in [6, 6.07) is 1.24. The van der Waals surface area contributed by atoms with Crippen LogP contribution in [-0.2, 0) is 0 Å². The van der Waals surface area contributed by atoms with E-state index in [4.69, 9.17) is 0 Å². The van der Waals surface area contributed by atoms with Crippen LogP contribution < -0.4 is 5.32 Å². The third-order valence-corrected chi connectivity index (χ3v) is 2.88. The molecule has 0 saturated heterocycles. The van der Waals surface area contributed by atoms with E-state index in [1.165, 1.54) is 0 Å². The Kier molecular flexibility index (Phi) is 8.83. The van der Waals surface area contributed by atoms with Crippen LogP contribution in [0.25, 0.3) is 0 Å². The van der Waals surface area contributed by atoms with E-state index in [9.17, 15) is 5.11 Å². The van der Waals surface area contributed by atoms with Gasteiger partial charge in [0.15, 0.2) is 0 Å². The van der Waals surface area contributed by atoms with E-state index >= 15 is 0 Å². The molecule has 0 amide bonds. The highest BCUT2D eigenvalue weighted by molar-refractivity contribution is 4.72.